The zero-order valence-corrected chi connectivity index (χ0v) is 25.8. The highest BCUT2D eigenvalue weighted by molar-refractivity contribution is 6.10. The molecule has 0 unspecified atom stereocenters. The highest BCUT2D eigenvalue weighted by Gasteiger charge is 2.21. The van der Waals surface area contributed by atoms with Crippen LogP contribution in [0.15, 0.2) is 158 Å². The molecule has 222 valence electrons. The normalized spacial score (nSPS) is 11.3. The molecule has 7 aromatic carbocycles. The van der Waals surface area contributed by atoms with Crippen LogP contribution < -0.4 is 0 Å². The highest BCUT2D eigenvalue weighted by atomic mass is 15.0. The summed E-state index contributed by atoms with van der Waals surface area (Å²) in [5.41, 5.74) is 10.6. The van der Waals surface area contributed by atoms with Crippen molar-refractivity contribution in [2.45, 2.75) is 0 Å². The number of nitriles is 2. The number of aromatic nitrogens is 2. The molecule has 2 aromatic heterocycles. The molecule has 0 aliphatic carbocycles. The monoisotopic (exact) mass is 610 g/mol. The van der Waals surface area contributed by atoms with Gasteiger partial charge in [-0.25, -0.2) is 0 Å². The molecule has 9 aromatic rings. The lowest BCUT2D eigenvalue weighted by atomic mass is 9.88. The molecular weight excluding hydrogens is 585 g/mol. The van der Waals surface area contributed by atoms with Gasteiger partial charge in [-0.2, -0.15) is 10.5 Å². The van der Waals surface area contributed by atoms with Gasteiger partial charge in [-0.3, -0.25) is 0 Å². The topological polar surface area (TPSA) is 57.4 Å². The largest absolute Gasteiger partial charge is 0.309 e. The van der Waals surface area contributed by atoms with Crippen LogP contribution in [0.25, 0.3) is 77.2 Å². The van der Waals surface area contributed by atoms with Crippen molar-refractivity contribution in [2.75, 3.05) is 0 Å². The van der Waals surface area contributed by atoms with Crippen LogP contribution >= 0.6 is 0 Å². The van der Waals surface area contributed by atoms with Gasteiger partial charge in [0.2, 0.25) is 0 Å². The molecule has 0 amide bonds. The first-order chi connectivity index (χ1) is 23.8. The van der Waals surface area contributed by atoms with Crippen molar-refractivity contribution in [1.29, 1.82) is 10.5 Å². The van der Waals surface area contributed by atoms with E-state index in [2.05, 4.69) is 143 Å². The Kier molecular flexibility index (Phi) is 6.22. The zero-order chi connectivity index (χ0) is 32.2. The minimum absolute atomic E-state index is 0.467. The van der Waals surface area contributed by atoms with Gasteiger partial charge in [0.25, 0.3) is 0 Å². The minimum atomic E-state index is 0.467. The van der Waals surface area contributed by atoms with Gasteiger partial charge in [0.05, 0.1) is 45.0 Å². The van der Waals surface area contributed by atoms with E-state index in [-0.39, 0.29) is 0 Å². The van der Waals surface area contributed by atoms with Crippen LogP contribution in [0.3, 0.4) is 0 Å². The maximum atomic E-state index is 10.8. The van der Waals surface area contributed by atoms with Crippen LogP contribution in [0.5, 0.6) is 0 Å². The molecule has 2 heterocycles. The van der Waals surface area contributed by atoms with Crippen LogP contribution in [0.1, 0.15) is 11.1 Å². The predicted molar refractivity (Wildman–Crippen MR) is 195 cm³/mol. The quantitative estimate of drug-likeness (QED) is 0.199. The lowest BCUT2D eigenvalue weighted by molar-refractivity contribution is 1.18. The summed E-state index contributed by atoms with van der Waals surface area (Å²) >= 11 is 0. The molecule has 48 heavy (non-hydrogen) atoms. The smallest absolute Gasteiger partial charge is 0.100 e. The lowest BCUT2D eigenvalue weighted by Crippen LogP contribution is -2.00. The van der Waals surface area contributed by atoms with E-state index >= 15 is 0 Å². The average molecular weight is 611 g/mol. The van der Waals surface area contributed by atoms with E-state index in [1.165, 1.54) is 21.5 Å². The number of para-hydroxylation sites is 5. The van der Waals surface area contributed by atoms with Crippen molar-refractivity contribution >= 4 is 43.6 Å². The second kappa shape index (κ2) is 10.9. The first kappa shape index (κ1) is 27.4. The van der Waals surface area contributed by atoms with Gasteiger partial charge in [-0.05, 0) is 54.1 Å². The minimum Gasteiger partial charge on any atom is -0.309 e. The van der Waals surface area contributed by atoms with E-state index < -0.39 is 0 Å². The summed E-state index contributed by atoms with van der Waals surface area (Å²) in [7, 11) is 0. The standard InChI is InChI=1S/C44H26N4/c45-27-30-23-26-32(33-11-1-8-18-41(33)48-42-19-9-4-14-36(42)37-15-5-10-20-43(37)48)38(28-46)44(30)29-21-24-31(25-22-29)47-39-16-6-2-12-34(39)35-13-3-7-17-40(35)47/h1-26H. The zero-order valence-electron chi connectivity index (χ0n) is 25.8. The predicted octanol–water partition coefficient (Wildman–Crippen LogP) is 11.0. The highest BCUT2D eigenvalue weighted by Crippen LogP contribution is 2.41. The Morgan fingerprint density at radius 2 is 0.875 bits per heavy atom. The third-order valence-corrected chi connectivity index (χ3v) is 9.45. The molecule has 4 nitrogen and oxygen atoms in total. The summed E-state index contributed by atoms with van der Waals surface area (Å²) in [6.45, 7) is 0. The Labute approximate surface area is 277 Å². The van der Waals surface area contributed by atoms with E-state index in [1.807, 2.05) is 36.4 Å². The summed E-state index contributed by atoms with van der Waals surface area (Å²) in [6.07, 6.45) is 0. The molecule has 0 saturated heterocycles. The van der Waals surface area contributed by atoms with Crippen molar-refractivity contribution in [2.24, 2.45) is 0 Å². The second-order valence-corrected chi connectivity index (χ2v) is 11.9. The van der Waals surface area contributed by atoms with Crippen molar-refractivity contribution in [3.63, 3.8) is 0 Å². The van der Waals surface area contributed by atoms with Gasteiger partial charge < -0.3 is 9.13 Å². The van der Waals surface area contributed by atoms with Gasteiger partial charge >= 0.3 is 0 Å². The van der Waals surface area contributed by atoms with E-state index in [0.717, 1.165) is 50.1 Å². The van der Waals surface area contributed by atoms with Crippen LogP contribution in [0, 0.1) is 22.7 Å². The molecule has 0 radical (unpaired) electrons. The van der Waals surface area contributed by atoms with Crippen molar-refractivity contribution in [1.82, 2.24) is 9.13 Å². The first-order valence-corrected chi connectivity index (χ1v) is 15.9. The Bertz CT molecular complexity index is 2690. The molecule has 0 aliphatic heterocycles. The molecule has 0 N–H and O–H groups in total. The molecule has 0 saturated carbocycles. The van der Waals surface area contributed by atoms with Crippen molar-refractivity contribution < 1.29 is 0 Å². The number of nitrogens with zero attached hydrogens (tertiary/aromatic N) is 4. The fourth-order valence-corrected chi connectivity index (χ4v) is 7.39. The molecular formula is C44H26N4. The molecule has 0 fully saturated rings. The number of benzene rings is 7. The number of hydrogen-bond donors (Lipinski definition) is 0. The van der Waals surface area contributed by atoms with Gasteiger partial charge in [-0.1, -0.05) is 109 Å². The number of hydrogen-bond acceptors (Lipinski definition) is 2. The van der Waals surface area contributed by atoms with E-state index in [0.29, 0.717) is 16.7 Å². The van der Waals surface area contributed by atoms with Gasteiger partial charge in [0.1, 0.15) is 6.07 Å². The molecule has 4 heteroatoms. The SMILES string of the molecule is N#Cc1ccc(-c2ccccc2-n2c3ccccc3c3ccccc32)c(C#N)c1-c1ccc(-n2c3ccccc3c3ccccc32)cc1. The summed E-state index contributed by atoms with van der Waals surface area (Å²) in [5.74, 6) is 0. The third kappa shape index (κ3) is 4.01. The van der Waals surface area contributed by atoms with Gasteiger partial charge in [-0.15, -0.1) is 0 Å². The number of fused-ring (bicyclic) bond motifs is 6. The molecule has 0 bridgehead atoms. The fraction of sp³-hybridized carbons (Fsp3) is 0. The van der Waals surface area contributed by atoms with E-state index in [1.54, 1.807) is 0 Å². The van der Waals surface area contributed by atoms with E-state index in [9.17, 15) is 10.5 Å². The Morgan fingerprint density at radius 1 is 0.396 bits per heavy atom. The van der Waals surface area contributed by atoms with Crippen LogP contribution in [-0.4, -0.2) is 9.13 Å². The van der Waals surface area contributed by atoms with Crippen molar-refractivity contribution in [3.05, 3.63) is 169 Å². The van der Waals surface area contributed by atoms with Gasteiger partial charge in [0, 0.05) is 43.9 Å². The van der Waals surface area contributed by atoms with Crippen molar-refractivity contribution in [3.8, 4) is 45.8 Å². The maximum Gasteiger partial charge on any atom is 0.100 e. The lowest BCUT2D eigenvalue weighted by Gasteiger charge is -2.17. The summed E-state index contributed by atoms with van der Waals surface area (Å²) in [5, 5.41) is 25.8. The Hall–Kier alpha value is -6.88. The Balaban J connectivity index is 1.24. The summed E-state index contributed by atoms with van der Waals surface area (Å²) in [6, 6.07) is 58.8. The summed E-state index contributed by atoms with van der Waals surface area (Å²) < 4.78 is 4.54. The van der Waals surface area contributed by atoms with Crippen LogP contribution in [0.4, 0.5) is 0 Å². The Morgan fingerprint density at radius 3 is 1.40 bits per heavy atom. The summed E-state index contributed by atoms with van der Waals surface area (Å²) in [4.78, 5) is 0. The third-order valence-electron chi connectivity index (χ3n) is 9.45. The van der Waals surface area contributed by atoms with Crippen LogP contribution in [0.2, 0.25) is 0 Å². The van der Waals surface area contributed by atoms with E-state index in [4.69, 9.17) is 0 Å². The average Bonchev–Trinajstić information content (AvgIpc) is 3.67. The van der Waals surface area contributed by atoms with Crippen LogP contribution in [-0.2, 0) is 0 Å². The van der Waals surface area contributed by atoms with Gasteiger partial charge in [0.15, 0.2) is 0 Å². The maximum absolute atomic E-state index is 10.8. The number of rotatable bonds is 4. The molecule has 9 rings (SSSR count). The first-order valence-electron chi connectivity index (χ1n) is 15.9. The second-order valence-electron chi connectivity index (χ2n) is 11.9. The fourth-order valence-electron chi connectivity index (χ4n) is 7.39. The molecule has 0 atom stereocenters. The molecule has 0 spiro atoms. The molecule has 0 aliphatic rings.